The van der Waals surface area contributed by atoms with Crippen molar-refractivity contribution in [2.24, 2.45) is 0 Å². The van der Waals surface area contributed by atoms with Crippen molar-refractivity contribution in [3.63, 3.8) is 0 Å². The van der Waals surface area contributed by atoms with Crippen molar-refractivity contribution >= 4 is 0 Å². The van der Waals surface area contributed by atoms with E-state index in [2.05, 4.69) is 18.9 Å². The summed E-state index contributed by atoms with van der Waals surface area (Å²) in [6, 6.07) is 19.7. The highest BCUT2D eigenvalue weighted by molar-refractivity contribution is 5.37. The SMILES string of the molecule is C[NH+]1CC[NH+](CC#CCC(O)(c2ccccc2)c2ccccc2)CC1. The second-order valence-electron chi connectivity index (χ2n) is 7.01. The molecule has 0 radical (unpaired) electrons. The second-order valence-corrected chi connectivity index (χ2v) is 7.01. The van der Waals surface area contributed by atoms with Gasteiger partial charge in [0, 0.05) is 6.42 Å². The number of quaternary nitrogens is 2. The summed E-state index contributed by atoms with van der Waals surface area (Å²) in [7, 11) is 2.25. The fourth-order valence-corrected chi connectivity index (χ4v) is 3.38. The molecule has 1 fully saturated rings. The quantitative estimate of drug-likeness (QED) is 0.659. The van der Waals surface area contributed by atoms with Crippen molar-refractivity contribution in [3.05, 3.63) is 71.8 Å². The van der Waals surface area contributed by atoms with E-state index in [0.717, 1.165) is 17.7 Å². The third-order valence-electron chi connectivity index (χ3n) is 5.12. The van der Waals surface area contributed by atoms with Gasteiger partial charge in [0.1, 0.15) is 38.3 Å². The number of likely N-dealkylation sites (N-methyl/N-ethyl adjacent to an activating group) is 1. The Morgan fingerprint density at radius 2 is 1.36 bits per heavy atom. The molecule has 0 aromatic heterocycles. The minimum Gasteiger partial charge on any atom is -0.379 e. The zero-order chi connectivity index (χ0) is 17.5. The van der Waals surface area contributed by atoms with Crippen molar-refractivity contribution in [2.45, 2.75) is 12.0 Å². The minimum atomic E-state index is -1.06. The number of hydrogen-bond donors (Lipinski definition) is 3. The molecule has 130 valence electrons. The van der Waals surface area contributed by atoms with E-state index in [1.165, 1.54) is 26.2 Å². The Balaban J connectivity index is 1.73. The molecule has 3 N–H and O–H groups in total. The molecule has 1 heterocycles. The number of aliphatic hydroxyl groups is 1. The Morgan fingerprint density at radius 3 is 1.88 bits per heavy atom. The molecule has 0 spiro atoms. The Hall–Kier alpha value is -2.12. The molecule has 25 heavy (non-hydrogen) atoms. The summed E-state index contributed by atoms with van der Waals surface area (Å²) in [5, 5.41) is 11.4. The van der Waals surface area contributed by atoms with Crippen molar-refractivity contribution in [1.29, 1.82) is 0 Å². The highest BCUT2D eigenvalue weighted by atomic mass is 16.3. The standard InChI is InChI=1S/C22H26N2O/c1-23-16-18-24(19-17-23)15-9-8-14-22(25,20-10-4-2-5-11-20)21-12-6-3-7-13-21/h2-7,10-13,25H,14-19H2,1H3/p+2. The van der Waals surface area contributed by atoms with E-state index < -0.39 is 5.60 Å². The molecule has 3 rings (SSSR count). The van der Waals surface area contributed by atoms with Gasteiger partial charge in [-0.25, -0.2) is 0 Å². The second kappa shape index (κ2) is 8.31. The van der Waals surface area contributed by atoms with Crippen LogP contribution in [0, 0.1) is 11.8 Å². The fraction of sp³-hybridized carbons (Fsp3) is 0.364. The molecule has 2 aromatic carbocycles. The van der Waals surface area contributed by atoms with Crippen molar-refractivity contribution < 1.29 is 14.9 Å². The van der Waals surface area contributed by atoms with Crippen LogP contribution in [-0.4, -0.2) is 44.9 Å². The van der Waals surface area contributed by atoms with E-state index in [4.69, 9.17) is 0 Å². The largest absolute Gasteiger partial charge is 0.379 e. The molecule has 0 aliphatic carbocycles. The fourth-order valence-electron chi connectivity index (χ4n) is 3.38. The van der Waals surface area contributed by atoms with Crippen LogP contribution in [0.25, 0.3) is 0 Å². The van der Waals surface area contributed by atoms with Crippen LogP contribution >= 0.6 is 0 Å². The van der Waals surface area contributed by atoms with Crippen LogP contribution in [0.5, 0.6) is 0 Å². The maximum absolute atomic E-state index is 11.4. The van der Waals surface area contributed by atoms with E-state index in [1.54, 1.807) is 9.80 Å². The molecule has 0 unspecified atom stereocenters. The molecule has 0 amide bonds. The third-order valence-corrected chi connectivity index (χ3v) is 5.12. The lowest BCUT2D eigenvalue weighted by Crippen LogP contribution is -3.26. The summed E-state index contributed by atoms with van der Waals surface area (Å²) in [6.45, 7) is 5.67. The first-order chi connectivity index (χ1) is 12.2. The molecule has 0 atom stereocenters. The van der Waals surface area contributed by atoms with Gasteiger partial charge in [-0.15, -0.1) is 0 Å². The normalized spacial score (nSPS) is 20.6. The van der Waals surface area contributed by atoms with E-state index in [9.17, 15) is 5.11 Å². The summed E-state index contributed by atoms with van der Waals surface area (Å²) in [5.74, 6) is 6.56. The molecular weight excluding hydrogens is 308 g/mol. The zero-order valence-electron chi connectivity index (χ0n) is 15.0. The first-order valence-corrected chi connectivity index (χ1v) is 9.12. The molecular formula is C22H28N2O+2. The topological polar surface area (TPSA) is 29.1 Å². The van der Waals surface area contributed by atoms with Gasteiger partial charge in [-0.3, -0.25) is 0 Å². The molecule has 3 nitrogen and oxygen atoms in total. The van der Waals surface area contributed by atoms with Gasteiger partial charge in [0.15, 0.2) is 0 Å². The summed E-state index contributed by atoms with van der Waals surface area (Å²) < 4.78 is 0. The first-order valence-electron chi connectivity index (χ1n) is 9.12. The van der Waals surface area contributed by atoms with Gasteiger partial charge in [0.25, 0.3) is 0 Å². The lowest BCUT2D eigenvalue weighted by atomic mass is 9.84. The summed E-state index contributed by atoms with van der Waals surface area (Å²) in [6.07, 6.45) is 0.416. The van der Waals surface area contributed by atoms with E-state index in [0.29, 0.717) is 6.42 Å². The minimum absolute atomic E-state index is 0.416. The molecule has 0 bridgehead atoms. The van der Waals surface area contributed by atoms with Crippen LogP contribution < -0.4 is 9.80 Å². The Labute approximate surface area is 150 Å². The van der Waals surface area contributed by atoms with Gasteiger partial charge in [0.05, 0.1) is 7.05 Å². The Kier molecular flexibility index (Phi) is 5.88. The number of piperazine rings is 1. The smallest absolute Gasteiger partial charge is 0.139 e. The zero-order valence-corrected chi connectivity index (χ0v) is 15.0. The molecule has 2 aromatic rings. The third kappa shape index (κ3) is 4.49. The van der Waals surface area contributed by atoms with Gasteiger partial charge in [-0.2, -0.15) is 0 Å². The summed E-state index contributed by atoms with van der Waals surface area (Å²) in [4.78, 5) is 3.17. The molecule has 3 heteroatoms. The van der Waals surface area contributed by atoms with Crippen LogP contribution in [0.1, 0.15) is 17.5 Å². The summed E-state index contributed by atoms with van der Waals surface area (Å²) in [5.41, 5.74) is 0.731. The van der Waals surface area contributed by atoms with Gasteiger partial charge in [-0.05, 0) is 17.0 Å². The van der Waals surface area contributed by atoms with Crippen molar-refractivity contribution in [2.75, 3.05) is 39.8 Å². The number of rotatable bonds is 4. The first kappa shape index (κ1) is 17.7. The number of nitrogens with one attached hydrogen (secondary N) is 2. The number of hydrogen-bond acceptors (Lipinski definition) is 1. The molecule has 1 aliphatic heterocycles. The average molecular weight is 336 g/mol. The van der Waals surface area contributed by atoms with Crippen LogP contribution in [0.15, 0.2) is 60.7 Å². The van der Waals surface area contributed by atoms with E-state index in [1.807, 2.05) is 60.7 Å². The lowest BCUT2D eigenvalue weighted by molar-refractivity contribution is -1.000. The van der Waals surface area contributed by atoms with Gasteiger partial charge in [-0.1, -0.05) is 66.6 Å². The van der Waals surface area contributed by atoms with Crippen LogP contribution in [-0.2, 0) is 5.60 Å². The van der Waals surface area contributed by atoms with Crippen LogP contribution in [0.3, 0.4) is 0 Å². The van der Waals surface area contributed by atoms with E-state index >= 15 is 0 Å². The predicted molar refractivity (Wildman–Crippen MR) is 100 cm³/mol. The van der Waals surface area contributed by atoms with Crippen molar-refractivity contribution in [3.8, 4) is 11.8 Å². The molecule has 1 aliphatic rings. The monoisotopic (exact) mass is 336 g/mol. The maximum atomic E-state index is 11.4. The summed E-state index contributed by atoms with van der Waals surface area (Å²) >= 11 is 0. The Bertz CT molecular complexity index is 670. The van der Waals surface area contributed by atoms with Gasteiger partial charge < -0.3 is 14.9 Å². The van der Waals surface area contributed by atoms with Crippen LogP contribution in [0.4, 0.5) is 0 Å². The van der Waals surface area contributed by atoms with E-state index in [-0.39, 0.29) is 0 Å². The van der Waals surface area contributed by atoms with Crippen molar-refractivity contribution in [1.82, 2.24) is 0 Å². The van der Waals surface area contributed by atoms with Crippen LogP contribution in [0.2, 0.25) is 0 Å². The highest BCUT2D eigenvalue weighted by Gasteiger charge is 2.30. The average Bonchev–Trinajstić information content (AvgIpc) is 2.68. The predicted octanol–water partition coefficient (Wildman–Crippen LogP) is -0.271. The highest BCUT2D eigenvalue weighted by Crippen LogP contribution is 2.32. The van der Waals surface area contributed by atoms with Gasteiger partial charge >= 0.3 is 0 Å². The Morgan fingerprint density at radius 1 is 0.840 bits per heavy atom. The van der Waals surface area contributed by atoms with Gasteiger partial charge in [0.2, 0.25) is 0 Å². The molecule has 1 saturated heterocycles. The lowest BCUT2D eigenvalue weighted by Gasteiger charge is -2.27. The molecule has 0 saturated carbocycles. The maximum Gasteiger partial charge on any atom is 0.139 e. The number of benzene rings is 2.